The highest BCUT2D eigenvalue weighted by Crippen LogP contribution is 2.58. The Morgan fingerprint density at radius 2 is 2.00 bits per heavy atom. The van der Waals surface area contributed by atoms with Gasteiger partial charge in [-0.1, -0.05) is 43.1 Å². The van der Waals surface area contributed by atoms with Crippen molar-refractivity contribution in [3.63, 3.8) is 0 Å². The third-order valence-electron chi connectivity index (χ3n) is 8.30. The van der Waals surface area contributed by atoms with Crippen LogP contribution in [0.2, 0.25) is 0 Å². The standard InChI is InChI=1S/C26H43NO3/c1-26-18-8-10-21(15-14-20-9-7-12-23(28)19-20)24(26)17-16-22(26)11-5-4-6-13-25(29)27(2)30-3/h14-15,22-24,28H,4-13,16-19H2,1-3H3/b20-14-,21-15+. The van der Waals surface area contributed by atoms with Crippen LogP contribution < -0.4 is 0 Å². The van der Waals surface area contributed by atoms with Gasteiger partial charge in [0.25, 0.3) is 0 Å². The quantitative estimate of drug-likeness (QED) is 0.391. The lowest BCUT2D eigenvalue weighted by Crippen LogP contribution is -2.33. The van der Waals surface area contributed by atoms with Gasteiger partial charge in [0.15, 0.2) is 0 Å². The summed E-state index contributed by atoms with van der Waals surface area (Å²) in [6, 6.07) is 0. The Morgan fingerprint density at radius 1 is 1.17 bits per heavy atom. The maximum absolute atomic E-state index is 11.8. The Bertz CT molecular complexity index is 640. The van der Waals surface area contributed by atoms with Crippen LogP contribution in [0.1, 0.15) is 96.8 Å². The van der Waals surface area contributed by atoms with Crippen LogP contribution in [-0.2, 0) is 9.63 Å². The van der Waals surface area contributed by atoms with E-state index in [1.807, 2.05) is 0 Å². The molecule has 0 saturated heterocycles. The highest BCUT2D eigenvalue weighted by atomic mass is 16.7. The largest absolute Gasteiger partial charge is 0.393 e. The first-order chi connectivity index (χ1) is 14.4. The number of hydrogen-bond acceptors (Lipinski definition) is 3. The molecular formula is C26H43NO3. The molecule has 1 amide bonds. The Labute approximate surface area is 183 Å². The molecule has 4 unspecified atom stereocenters. The van der Waals surface area contributed by atoms with Crippen molar-refractivity contribution < 1.29 is 14.7 Å². The number of aliphatic hydroxyl groups excluding tert-OH is 1. The molecule has 0 heterocycles. The fourth-order valence-corrected chi connectivity index (χ4v) is 6.37. The van der Waals surface area contributed by atoms with Gasteiger partial charge in [-0.15, -0.1) is 0 Å². The molecule has 30 heavy (non-hydrogen) atoms. The third kappa shape index (κ3) is 5.76. The van der Waals surface area contributed by atoms with Crippen molar-refractivity contribution in [3.05, 3.63) is 23.3 Å². The summed E-state index contributed by atoms with van der Waals surface area (Å²) < 4.78 is 0. The highest BCUT2D eigenvalue weighted by Gasteiger charge is 2.48. The van der Waals surface area contributed by atoms with Crippen molar-refractivity contribution in [1.29, 1.82) is 0 Å². The lowest BCUT2D eigenvalue weighted by atomic mass is 9.62. The molecule has 1 N–H and O–H groups in total. The molecule has 3 aliphatic rings. The molecule has 3 aliphatic carbocycles. The van der Waals surface area contributed by atoms with Gasteiger partial charge in [-0.05, 0) is 87.9 Å². The van der Waals surface area contributed by atoms with E-state index in [-0.39, 0.29) is 12.0 Å². The first-order valence-electron chi connectivity index (χ1n) is 12.3. The fraction of sp³-hybridized carbons (Fsp3) is 0.808. The molecule has 0 aromatic rings. The van der Waals surface area contributed by atoms with Gasteiger partial charge in [-0.3, -0.25) is 9.63 Å². The number of hydrogen-bond donors (Lipinski definition) is 1. The van der Waals surface area contributed by atoms with Crippen molar-refractivity contribution in [2.75, 3.05) is 14.2 Å². The molecule has 0 aliphatic heterocycles. The zero-order valence-corrected chi connectivity index (χ0v) is 19.5. The summed E-state index contributed by atoms with van der Waals surface area (Å²) in [6.45, 7) is 2.55. The average Bonchev–Trinajstić information content (AvgIpc) is 3.08. The van der Waals surface area contributed by atoms with Crippen LogP contribution in [0.25, 0.3) is 0 Å². The van der Waals surface area contributed by atoms with Crippen LogP contribution in [-0.4, -0.2) is 36.3 Å². The normalized spacial score (nSPS) is 34.3. The lowest BCUT2D eigenvalue weighted by Gasteiger charge is -2.42. The van der Waals surface area contributed by atoms with Gasteiger partial charge >= 0.3 is 0 Å². The molecule has 4 nitrogen and oxygen atoms in total. The topological polar surface area (TPSA) is 49.8 Å². The first-order valence-corrected chi connectivity index (χ1v) is 12.3. The Kier molecular flexibility index (Phi) is 8.59. The minimum Gasteiger partial charge on any atom is -0.393 e. The minimum atomic E-state index is -0.124. The van der Waals surface area contributed by atoms with E-state index in [1.165, 1.54) is 62.7 Å². The van der Waals surface area contributed by atoms with Crippen LogP contribution >= 0.6 is 0 Å². The molecule has 0 radical (unpaired) electrons. The van der Waals surface area contributed by atoms with E-state index in [1.54, 1.807) is 12.6 Å². The number of fused-ring (bicyclic) bond motifs is 1. The van der Waals surface area contributed by atoms with Gasteiger partial charge in [-0.2, -0.15) is 0 Å². The summed E-state index contributed by atoms with van der Waals surface area (Å²) >= 11 is 0. The van der Waals surface area contributed by atoms with E-state index in [9.17, 15) is 9.90 Å². The molecule has 3 saturated carbocycles. The van der Waals surface area contributed by atoms with Gasteiger partial charge in [-0.25, -0.2) is 5.06 Å². The molecule has 4 heteroatoms. The second-order valence-corrected chi connectivity index (χ2v) is 10.2. The van der Waals surface area contributed by atoms with Gasteiger partial charge in [0.1, 0.15) is 0 Å². The van der Waals surface area contributed by atoms with Crippen LogP contribution in [0.5, 0.6) is 0 Å². The Morgan fingerprint density at radius 3 is 2.77 bits per heavy atom. The molecular weight excluding hydrogens is 374 g/mol. The molecule has 0 spiro atoms. The molecule has 0 bridgehead atoms. The molecule has 0 aromatic carbocycles. The Hall–Kier alpha value is -1.13. The SMILES string of the molecule is CON(C)C(=O)CCCCCC1CCC2/C(=C/C=C3/CCCC(O)C3)CCCC12C. The zero-order valence-electron chi connectivity index (χ0n) is 19.5. The number of nitrogens with zero attached hydrogens (tertiary/aromatic N) is 1. The number of unbranched alkanes of at least 4 members (excludes halogenated alkanes) is 2. The van der Waals surface area contributed by atoms with Crippen molar-refractivity contribution in [3.8, 4) is 0 Å². The van der Waals surface area contributed by atoms with Crippen molar-refractivity contribution >= 4 is 5.91 Å². The molecule has 0 aromatic heterocycles. The van der Waals surface area contributed by atoms with E-state index in [0.29, 0.717) is 11.8 Å². The predicted molar refractivity (Wildman–Crippen MR) is 122 cm³/mol. The molecule has 170 valence electrons. The van der Waals surface area contributed by atoms with Gasteiger partial charge in [0.2, 0.25) is 5.91 Å². The summed E-state index contributed by atoms with van der Waals surface area (Å²) in [6.07, 6.45) is 20.7. The summed E-state index contributed by atoms with van der Waals surface area (Å²) in [7, 11) is 3.22. The third-order valence-corrected chi connectivity index (χ3v) is 8.30. The van der Waals surface area contributed by atoms with E-state index in [4.69, 9.17) is 4.84 Å². The van der Waals surface area contributed by atoms with E-state index in [0.717, 1.165) is 50.4 Å². The number of hydroxylamine groups is 2. The Balaban J connectivity index is 1.50. The number of carbonyl (C=O) groups excluding carboxylic acids is 1. The van der Waals surface area contributed by atoms with Crippen molar-refractivity contribution in [2.24, 2.45) is 17.3 Å². The van der Waals surface area contributed by atoms with Crippen molar-refractivity contribution in [2.45, 2.75) is 103 Å². The second-order valence-electron chi connectivity index (χ2n) is 10.2. The number of rotatable bonds is 8. The van der Waals surface area contributed by atoms with Crippen LogP contribution in [0.15, 0.2) is 23.3 Å². The maximum atomic E-state index is 11.8. The van der Waals surface area contributed by atoms with E-state index >= 15 is 0 Å². The first kappa shape index (κ1) is 23.5. The fourth-order valence-electron chi connectivity index (χ4n) is 6.37. The van der Waals surface area contributed by atoms with E-state index < -0.39 is 0 Å². The smallest absolute Gasteiger partial charge is 0.245 e. The number of allylic oxidation sites excluding steroid dienone is 3. The maximum Gasteiger partial charge on any atom is 0.245 e. The molecule has 3 rings (SSSR count). The summed E-state index contributed by atoms with van der Waals surface area (Å²) in [5, 5.41) is 11.3. The molecule has 4 atom stereocenters. The van der Waals surface area contributed by atoms with Gasteiger partial charge in [0, 0.05) is 13.5 Å². The number of carbonyl (C=O) groups is 1. The molecule has 3 fully saturated rings. The zero-order chi connectivity index (χ0) is 21.6. The van der Waals surface area contributed by atoms with Gasteiger partial charge in [0.05, 0.1) is 13.2 Å². The summed E-state index contributed by atoms with van der Waals surface area (Å²) in [5.41, 5.74) is 3.57. The number of amides is 1. The second kappa shape index (κ2) is 10.9. The van der Waals surface area contributed by atoms with Gasteiger partial charge < -0.3 is 5.11 Å². The van der Waals surface area contributed by atoms with E-state index in [2.05, 4.69) is 19.1 Å². The highest BCUT2D eigenvalue weighted by molar-refractivity contribution is 5.74. The minimum absolute atomic E-state index is 0.0760. The van der Waals surface area contributed by atoms with Crippen molar-refractivity contribution in [1.82, 2.24) is 5.06 Å². The van der Waals surface area contributed by atoms with Crippen LogP contribution in [0.4, 0.5) is 0 Å². The summed E-state index contributed by atoms with van der Waals surface area (Å²) in [5.74, 6) is 1.65. The lowest BCUT2D eigenvalue weighted by molar-refractivity contribution is -0.168. The van der Waals surface area contributed by atoms with Crippen LogP contribution in [0.3, 0.4) is 0 Å². The average molecular weight is 418 g/mol. The predicted octanol–water partition coefficient (Wildman–Crippen LogP) is 5.96. The number of aliphatic hydroxyl groups is 1. The monoisotopic (exact) mass is 417 g/mol. The summed E-state index contributed by atoms with van der Waals surface area (Å²) in [4.78, 5) is 16.8. The van der Waals surface area contributed by atoms with Crippen LogP contribution in [0, 0.1) is 17.3 Å².